The first-order valence-electron chi connectivity index (χ1n) is 6.24. The maximum Gasteiger partial charge on any atom is 0.304 e. The van der Waals surface area contributed by atoms with Crippen molar-refractivity contribution in [3.63, 3.8) is 0 Å². The van der Waals surface area contributed by atoms with Gasteiger partial charge in [-0.1, -0.05) is 56.6 Å². The summed E-state index contributed by atoms with van der Waals surface area (Å²) in [7, 11) is 0. The number of amides is 1. The monoisotopic (exact) mass is 291 g/mol. The molecule has 0 aliphatic heterocycles. The van der Waals surface area contributed by atoms with E-state index in [2.05, 4.69) is 12.2 Å². The van der Waals surface area contributed by atoms with E-state index in [9.17, 15) is 9.59 Å². The van der Waals surface area contributed by atoms with Gasteiger partial charge >= 0.3 is 5.97 Å². The van der Waals surface area contributed by atoms with Crippen molar-refractivity contribution in [2.24, 2.45) is 0 Å². The lowest BCUT2D eigenvalue weighted by Crippen LogP contribution is -2.26. The van der Waals surface area contributed by atoms with Crippen LogP contribution < -0.4 is 5.32 Å². The Bertz CT molecular complexity index is 282. The molecule has 18 heavy (non-hydrogen) atoms. The quantitative estimate of drug-likeness (QED) is 0.505. The third kappa shape index (κ3) is 11.9. The molecule has 1 amide bonds. The van der Waals surface area contributed by atoms with Crippen LogP contribution in [0.3, 0.4) is 0 Å². The molecule has 0 unspecified atom stereocenters. The molecule has 0 spiro atoms. The number of thioether (sulfide) groups is 1. The Morgan fingerprint density at radius 3 is 2.44 bits per heavy atom. The summed E-state index contributed by atoms with van der Waals surface area (Å²) in [4.78, 5) is 21.7. The minimum Gasteiger partial charge on any atom is -0.481 e. The highest BCUT2D eigenvalue weighted by atomic mass is 32.2. The molecule has 6 heteroatoms. The molecule has 0 aliphatic rings. The molecule has 0 radical (unpaired) electrons. The smallest absolute Gasteiger partial charge is 0.304 e. The second-order valence-electron chi connectivity index (χ2n) is 3.99. The maximum atomic E-state index is 11.5. The van der Waals surface area contributed by atoms with E-state index in [1.54, 1.807) is 0 Å². The van der Waals surface area contributed by atoms with Gasteiger partial charge < -0.3 is 10.4 Å². The van der Waals surface area contributed by atoms with E-state index in [4.69, 9.17) is 17.3 Å². The molecule has 0 fully saturated rings. The van der Waals surface area contributed by atoms with E-state index in [0.29, 0.717) is 16.5 Å². The summed E-state index contributed by atoms with van der Waals surface area (Å²) < 4.78 is 0.370. The average Bonchev–Trinajstić information content (AvgIpc) is 2.28. The standard InChI is InChI=1S/C12H21NO3S2/c1-2-3-4-5-6-7-10(14)13-12(17)18-9-8-11(15)16/h2-9H2,1H3,(H,15,16)(H,13,14,17). The number of carbonyl (C=O) groups excluding carboxylic acids is 1. The minimum atomic E-state index is -0.854. The van der Waals surface area contributed by atoms with Crippen LogP contribution in [0.25, 0.3) is 0 Å². The number of carboxylic acids is 1. The molecule has 0 saturated carbocycles. The van der Waals surface area contributed by atoms with Gasteiger partial charge in [-0.25, -0.2) is 0 Å². The summed E-state index contributed by atoms with van der Waals surface area (Å²) in [5.74, 6) is -0.530. The van der Waals surface area contributed by atoms with Crippen molar-refractivity contribution in [1.82, 2.24) is 5.32 Å². The Labute approximate surface area is 118 Å². The number of thiocarbonyl (C=S) groups is 1. The lowest BCUT2D eigenvalue weighted by molar-refractivity contribution is -0.136. The van der Waals surface area contributed by atoms with E-state index >= 15 is 0 Å². The van der Waals surface area contributed by atoms with Crippen LogP contribution in [0.15, 0.2) is 0 Å². The zero-order valence-electron chi connectivity index (χ0n) is 10.7. The molecule has 104 valence electrons. The molecule has 2 N–H and O–H groups in total. The summed E-state index contributed by atoms with van der Waals surface area (Å²) in [6, 6.07) is 0. The largest absolute Gasteiger partial charge is 0.481 e. The van der Waals surface area contributed by atoms with Gasteiger partial charge in [-0.3, -0.25) is 9.59 Å². The number of hydrogen-bond acceptors (Lipinski definition) is 4. The number of rotatable bonds is 9. The zero-order chi connectivity index (χ0) is 13.8. The number of carbonyl (C=O) groups is 2. The van der Waals surface area contributed by atoms with Gasteiger partial charge in [0, 0.05) is 12.2 Å². The molecule has 4 nitrogen and oxygen atoms in total. The van der Waals surface area contributed by atoms with E-state index in [0.717, 1.165) is 12.8 Å². The first-order valence-corrected chi connectivity index (χ1v) is 7.64. The molecular weight excluding hydrogens is 270 g/mol. The summed E-state index contributed by atoms with van der Waals surface area (Å²) in [5, 5.41) is 11.1. The Hall–Kier alpha value is -0.620. The fourth-order valence-corrected chi connectivity index (χ4v) is 2.34. The molecule has 0 aromatic carbocycles. The Balaban J connectivity index is 3.49. The molecule has 0 aromatic rings. The Morgan fingerprint density at radius 1 is 1.17 bits per heavy atom. The summed E-state index contributed by atoms with van der Waals surface area (Å²) in [6.07, 6.45) is 6.07. The van der Waals surface area contributed by atoms with Crippen molar-refractivity contribution in [1.29, 1.82) is 0 Å². The average molecular weight is 291 g/mol. The van der Waals surface area contributed by atoms with Crippen molar-refractivity contribution >= 4 is 40.2 Å². The number of aliphatic carboxylic acids is 1. The lowest BCUT2D eigenvalue weighted by atomic mass is 10.1. The van der Waals surface area contributed by atoms with E-state index < -0.39 is 5.97 Å². The summed E-state index contributed by atoms with van der Waals surface area (Å²) >= 11 is 6.14. The number of hydrogen-bond donors (Lipinski definition) is 2. The normalized spacial score (nSPS) is 10.1. The number of unbranched alkanes of at least 4 members (excludes halogenated alkanes) is 4. The molecule has 0 atom stereocenters. The van der Waals surface area contributed by atoms with Gasteiger partial charge in [0.15, 0.2) is 0 Å². The van der Waals surface area contributed by atoms with Gasteiger partial charge in [-0.05, 0) is 6.42 Å². The highest BCUT2D eigenvalue weighted by Crippen LogP contribution is 2.07. The van der Waals surface area contributed by atoms with Gasteiger partial charge in [0.05, 0.1) is 6.42 Å². The van der Waals surface area contributed by atoms with Gasteiger partial charge in [0.1, 0.15) is 4.32 Å². The van der Waals surface area contributed by atoms with E-state index in [-0.39, 0.29) is 12.3 Å². The predicted octanol–water partition coefficient (Wildman–Crippen LogP) is 2.96. The number of carboxylic acid groups (broad SMARTS) is 1. The number of nitrogens with one attached hydrogen (secondary N) is 1. The SMILES string of the molecule is CCCCCCCC(=O)NC(=S)SCCC(=O)O. The van der Waals surface area contributed by atoms with Crippen molar-refractivity contribution in [2.45, 2.75) is 51.9 Å². The van der Waals surface area contributed by atoms with Crippen LogP contribution in [0.4, 0.5) is 0 Å². The third-order valence-electron chi connectivity index (χ3n) is 2.30. The minimum absolute atomic E-state index is 0.0533. The van der Waals surface area contributed by atoms with Crippen LogP contribution >= 0.6 is 24.0 Å². The van der Waals surface area contributed by atoms with Crippen LogP contribution in [-0.4, -0.2) is 27.1 Å². The molecular formula is C12H21NO3S2. The summed E-state index contributed by atoms with van der Waals surface area (Å²) in [5.41, 5.74) is 0. The van der Waals surface area contributed by atoms with Gasteiger partial charge in [0.25, 0.3) is 0 Å². The zero-order valence-corrected chi connectivity index (χ0v) is 12.4. The van der Waals surface area contributed by atoms with Crippen molar-refractivity contribution in [3.8, 4) is 0 Å². The molecule has 0 bridgehead atoms. The highest BCUT2D eigenvalue weighted by molar-refractivity contribution is 8.23. The Morgan fingerprint density at radius 2 is 1.83 bits per heavy atom. The molecule has 0 aliphatic carbocycles. The molecule has 0 heterocycles. The van der Waals surface area contributed by atoms with Crippen LogP contribution in [0.2, 0.25) is 0 Å². The lowest BCUT2D eigenvalue weighted by Gasteiger charge is -2.05. The third-order valence-corrected chi connectivity index (χ3v) is 3.53. The second-order valence-corrected chi connectivity index (χ2v) is 5.76. The van der Waals surface area contributed by atoms with Gasteiger partial charge in [-0.15, -0.1) is 0 Å². The predicted molar refractivity (Wildman–Crippen MR) is 78.8 cm³/mol. The first-order chi connectivity index (χ1) is 8.56. The maximum absolute atomic E-state index is 11.5. The summed E-state index contributed by atoms with van der Waals surface area (Å²) in [6.45, 7) is 2.15. The van der Waals surface area contributed by atoms with Crippen molar-refractivity contribution < 1.29 is 14.7 Å². The van der Waals surface area contributed by atoms with Crippen molar-refractivity contribution in [3.05, 3.63) is 0 Å². The topological polar surface area (TPSA) is 66.4 Å². The fraction of sp³-hybridized carbons (Fsp3) is 0.750. The van der Waals surface area contributed by atoms with Crippen LogP contribution in [-0.2, 0) is 9.59 Å². The van der Waals surface area contributed by atoms with Crippen LogP contribution in [0, 0.1) is 0 Å². The Kier molecular flexibility index (Phi) is 11.1. The second kappa shape index (κ2) is 11.5. The van der Waals surface area contributed by atoms with Gasteiger partial charge in [-0.2, -0.15) is 0 Å². The molecule has 0 aromatic heterocycles. The first kappa shape index (κ1) is 17.4. The molecule has 0 saturated heterocycles. The van der Waals surface area contributed by atoms with Crippen LogP contribution in [0.1, 0.15) is 51.9 Å². The van der Waals surface area contributed by atoms with Gasteiger partial charge in [0.2, 0.25) is 5.91 Å². The van der Waals surface area contributed by atoms with Crippen molar-refractivity contribution in [2.75, 3.05) is 5.75 Å². The fourth-order valence-electron chi connectivity index (χ4n) is 1.33. The van der Waals surface area contributed by atoms with E-state index in [1.165, 1.54) is 31.0 Å². The van der Waals surface area contributed by atoms with E-state index in [1.807, 2.05) is 0 Å². The van der Waals surface area contributed by atoms with Crippen LogP contribution in [0.5, 0.6) is 0 Å². The molecule has 0 rings (SSSR count). The highest BCUT2D eigenvalue weighted by Gasteiger charge is 2.06.